The summed E-state index contributed by atoms with van der Waals surface area (Å²) in [7, 11) is -1.82. The van der Waals surface area contributed by atoms with Gasteiger partial charge < -0.3 is 9.35 Å². The summed E-state index contributed by atoms with van der Waals surface area (Å²) in [6.07, 6.45) is -1.62. The van der Waals surface area contributed by atoms with Crippen LogP contribution in [0.25, 0.3) is 0 Å². The predicted molar refractivity (Wildman–Crippen MR) is 101 cm³/mol. The lowest BCUT2D eigenvalue weighted by atomic mass is 9.82. The fraction of sp³-hybridized carbons (Fsp3) is 1.00. The molecule has 2 aliphatic carbocycles. The Hall–Kier alpha value is 0.167. The lowest BCUT2D eigenvalue weighted by Gasteiger charge is -2.42. The van der Waals surface area contributed by atoms with Crippen molar-refractivity contribution >= 4 is 20.4 Å². The van der Waals surface area contributed by atoms with E-state index in [9.17, 15) is 26.9 Å². The van der Waals surface area contributed by atoms with E-state index in [4.69, 9.17) is 0 Å². The van der Waals surface area contributed by atoms with Gasteiger partial charge in [-0.25, -0.2) is 4.39 Å². The van der Waals surface area contributed by atoms with Gasteiger partial charge >= 0.3 is 6.18 Å². The lowest BCUT2D eigenvalue weighted by molar-refractivity contribution is -0.188. The molecule has 1 aliphatic heterocycles. The molecule has 3 fully saturated rings. The average molecular weight is 430 g/mol. The molecule has 0 amide bonds. The summed E-state index contributed by atoms with van der Waals surface area (Å²) in [4.78, 5) is 10.3. The standard InChI is InChI=1S/C18H31F4NO2SSi/c1-2-23(17(18(20,21)22)13-3-6-14(19)7-4-13)26(24)15-8-5-12-9-10-27(25)16(12)11-15/h12-17,25,27H,2-11H2,1H3. The first-order valence-electron chi connectivity index (χ1n) is 10.3. The van der Waals surface area contributed by atoms with Crippen molar-refractivity contribution in [1.29, 1.82) is 0 Å². The van der Waals surface area contributed by atoms with Crippen LogP contribution >= 0.6 is 0 Å². The Morgan fingerprint density at radius 2 is 1.81 bits per heavy atom. The Kier molecular flexibility index (Phi) is 7.20. The highest BCUT2D eigenvalue weighted by atomic mass is 32.2. The van der Waals surface area contributed by atoms with E-state index in [0.717, 1.165) is 23.2 Å². The zero-order chi connectivity index (χ0) is 19.8. The lowest BCUT2D eigenvalue weighted by Crippen LogP contribution is -2.56. The molecule has 2 saturated carbocycles. The summed E-state index contributed by atoms with van der Waals surface area (Å²) < 4.78 is 69.6. The molecule has 0 spiro atoms. The van der Waals surface area contributed by atoms with Gasteiger partial charge in [-0.1, -0.05) is 6.42 Å². The van der Waals surface area contributed by atoms with Crippen LogP contribution in [0.3, 0.4) is 0 Å². The molecule has 0 aromatic heterocycles. The molecule has 0 bridgehead atoms. The molecule has 3 nitrogen and oxygen atoms in total. The van der Waals surface area contributed by atoms with Crippen LogP contribution in [0.1, 0.15) is 58.3 Å². The average Bonchev–Trinajstić information content (AvgIpc) is 2.99. The van der Waals surface area contributed by atoms with Gasteiger partial charge in [-0.3, -0.25) is 0 Å². The van der Waals surface area contributed by atoms with Crippen LogP contribution in [0.5, 0.6) is 0 Å². The first kappa shape index (κ1) is 21.9. The van der Waals surface area contributed by atoms with Gasteiger partial charge in [-0.15, -0.1) is 4.31 Å². The van der Waals surface area contributed by atoms with Crippen LogP contribution in [-0.4, -0.2) is 52.9 Å². The van der Waals surface area contributed by atoms with Crippen molar-refractivity contribution in [2.75, 3.05) is 6.54 Å². The summed E-state index contributed by atoms with van der Waals surface area (Å²) in [5.41, 5.74) is 0.206. The van der Waals surface area contributed by atoms with E-state index in [1.165, 1.54) is 0 Å². The molecule has 1 saturated heterocycles. The van der Waals surface area contributed by atoms with Gasteiger partial charge in [0.25, 0.3) is 0 Å². The van der Waals surface area contributed by atoms with Crippen LogP contribution in [0.2, 0.25) is 11.6 Å². The quantitative estimate of drug-likeness (QED) is 0.407. The molecule has 6 unspecified atom stereocenters. The minimum absolute atomic E-state index is 0.0664. The van der Waals surface area contributed by atoms with Crippen LogP contribution in [0.15, 0.2) is 0 Å². The Bertz CT molecular complexity index is 492. The fourth-order valence-electron chi connectivity index (χ4n) is 5.53. The zero-order valence-electron chi connectivity index (χ0n) is 15.8. The molecular formula is C18H31F4NO2SSi. The highest BCUT2D eigenvalue weighted by molar-refractivity contribution is 7.89. The minimum Gasteiger partial charge on any atom is -0.598 e. The predicted octanol–water partition coefficient (Wildman–Crippen LogP) is 4.09. The number of hydrogen-bond acceptors (Lipinski definition) is 3. The topological polar surface area (TPSA) is 46.5 Å². The van der Waals surface area contributed by atoms with Gasteiger partial charge in [0.1, 0.15) is 11.4 Å². The number of alkyl halides is 4. The normalized spacial score (nSPS) is 40.0. The largest absolute Gasteiger partial charge is 0.598 e. The smallest absolute Gasteiger partial charge is 0.408 e. The molecule has 6 atom stereocenters. The number of rotatable bonds is 5. The molecule has 1 N–H and O–H groups in total. The van der Waals surface area contributed by atoms with Crippen molar-refractivity contribution in [2.24, 2.45) is 11.8 Å². The van der Waals surface area contributed by atoms with Crippen molar-refractivity contribution in [2.45, 2.75) is 93.5 Å². The third kappa shape index (κ3) is 4.84. The van der Waals surface area contributed by atoms with Crippen molar-refractivity contribution in [3.05, 3.63) is 0 Å². The molecule has 3 aliphatic rings. The number of nitrogens with zero attached hydrogens (tertiary/aromatic N) is 1. The van der Waals surface area contributed by atoms with Crippen molar-refractivity contribution in [1.82, 2.24) is 4.31 Å². The number of halogens is 4. The van der Waals surface area contributed by atoms with Gasteiger partial charge in [0.2, 0.25) is 0 Å². The van der Waals surface area contributed by atoms with E-state index >= 15 is 0 Å². The summed E-state index contributed by atoms with van der Waals surface area (Å²) >= 11 is -1.72. The highest BCUT2D eigenvalue weighted by Crippen LogP contribution is 2.48. The molecule has 1 heterocycles. The fourth-order valence-corrected chi connectivity index (χ4v) is 10.5. The van der Waals surface area contributed by atoms with E-state index in [-0.39, 0.29) is 43.0 Å². The molecule has 0 aromatic carbocycles. The van der Waals surface area contributed by atoms with Crippen LogP contribution in [0.4, 0.5) is 17.6 Å². The van der Waals surface area contributed by atoms with Crippen molar-refractivity contribution < 1.29 is 26.9 Å². The van der Waals surface area contributed by atoms with Gasteiger partial charge in [-0.2, -0.15) is 13.2 Å². The first-order valence-corrected chi connectivity index (χ1v) is 13.5. The maximum absolute atomic E-state index is 13.9. The zero-order valence-corrected chi connectivity index (χ0v) is 17.8. The summed E-state index contributed by atoms with van der Waals surface area (Å²) in [6.45, 7) is 1.69. The third-order valence-electron chi connectivity index (χ3n) is 6.95. The monoisotopic (exact) mass is 429 g/mol. The first-order chi connectivity index (χ1) is 12.7. The van der Waals surface area contributed by atoms with E-state index in [0.29, 0.717) is 18.8 Å². The molecule has 9 heteroatoms. The second-order valence-electron chi connectivity index (χ2n) is 8.51. The maximum Gasteiger partial charge on any atom is 0.408 e. The van der Waals surface area contributed by atoms with Gasteiger partial charge in [0.05, 0.1) is 0 Å². The molecule has 3 rings (SSSR count). The van der Waals surface area contributed by atoms with Gasteiger partial charge in [0.15, 0.2) is 15.1 Å². The van der Waals surface area contributed by atoms with Gasteiger partial charge in [-0.05, 0) is 75.3 Å². The van der Waals surface area contributed by atoms with Crippen molar-refractivity contribution in [3.8, 4) is 0 Å². The molecule has 27 heavy (non-hydrogen) atoms. The van der Waals surface area contributed by atoms with Crippen LogP contribution in [0, 0.1) is 11.8 Å². The molecular weight excluding hydrogens is 398 g/mol. The third-order valence-corrected chi connectivity index (χ3v) is 11.6. The Balaban J connectivity index is 1.73. The summed E-state index contributed by atoms with van der Waals surface area (Å²) in [5.74, 6) is -0.211. The SMILES string of the molecule is CCN(C(C1CCC(F)CC1)C(F)(F)F)[S+]([O-])C1CCC2CC[SiH](O)C2C1. The number of hydrogen-bond donors (Lipinski definition) is 1. The second-order valence-corrected chi connectivity index (χ2v) is 12.8. The second kappa shape index (κ2) is 8.89. The van der Waals surface area contributed by atoms with E-state index in [2.05, 4.69) is 0 Å². The number of fused-ring (bicyclic) bond motifs is 1. The Morgan fingerprint density at radius 3 is 2.41 bits per heavy atom. The molecule has 0 radical (unpaired) electrons. The van der Waals surface area contributed by atoms with Crippen LogP contribution < -0.4 is 0 Å². The molecule has 0 aromatic rings. The minimum atomic E-state index is -4.47. The van der Waals surface area contributed by atoms with E-state index in [1.807, 2.05) is 0 Å². The highest BCUT2D eigenvalue weighted by Gasteiger charge is 2.54. The maximum atomic E-state index is 13.9. The van der Waals surface area contributed by atoms with Crippen molar-refractivity contribution in [3.63, 3.8) is 0 Å². The van der Waals surface area contributed by atoms with Gasteiger partial charge in [0, 0.05) is 17.9 Å². The Labute approximate surface area is 163 Å². The van der Waals surface area contributed by atoms with Crippen LogP contribution in [-0.2, 0) is 11.4 Å². The Morgan fingerprint density at radius 1 is 1.15 bits per heavy atom. The summed E-state index contributed by atoms with van der Waals surface area (Å²) in [6, 6.07) is -0.886. The van der Waals surface area contributed by atoms with E-state index in [1.54, 1.807) is 6.92 Å². The summed E-state index contributed by atoms with van der Waals surface area (Å²) in [5, 5.41) is -0.297. The molecule has 158 valence electrons. The van der Waals surface area contributed by atoms with E-state index < -0.39 is 44.7 Å².